The van der Waals surface area contributed by atoms with E-state index in [1.807, 2.05) is 0 Å². The van der Waals surface area contributed by atoms with Gasteiger partial charge in [0.1, 0.15) is 0 Å². The Morgan fingerprint density at radius 3 is 3.13 bits per heavy atom. The fraction of sp³-hybridized carbons (Fsp3) is 0.556. The first-order valence-electron chi connectivity index (χ1n) is 4.94. The van der Waals surface area contributed by atoms with Gasteiger partial charge in [-0.2, -0.15) is 0 Å². The van der Waals surface area contributed by atoms with Crippen LogP contribution in [-0.4, -0.2) is 35.9 Å². The van der Waals surface area contributed by atoms with E-state index in [0.29, 0.717) is 17.0 Å². The second kappa shape index (κ2) is 4.20. The summed E-state index contributed by atoms with van der Waals surface area (Å²) in [5.41, 5.74) is 6.65. The SMILES string of the molecule is C[C@H]1CN(c2cc(Cl)nnc2N)CCN1. The fourth-order valence-electron chi connectivity index (χ4n) is 1.77. The van der Waals surface area contributed by atoms with Crippen molar-refractivity contribution >= 4 is 23.1 Å². The van der Waals surface area contributed by atoms with Crippen LogP contribution in [0.5, 0.6) is 0 Å². The lowest BCUT2D eigenvalue weighted by Crippen LogP contribution is -2.49. The number of piperazine rings is 1. The summed E-state index contributed by atoms with van der Waals surface area (Å²) in [6.45, 7) is 4.90. The second-order valence-corrected chi connectivity index (χ2v) is 4.13. The molecule has 1 saturated heterocycles. The molecule has 0 aliphatic carbocycles. The molecule has 0 aromatic carbocycles. The summed E-state index contributed by atoms with van der Waals surface area (Å²) in [7, 11) is 0. The number of hydrogen-bond acceptors (Lipinski definition) is 5. The maximum Gasteiger partial charge on any atom is 0.169 e. The number of halogens is 1. The number of nitrogen functional groups attached to an aromatic ring is 1. The van der Waals surface area contributed by atoms with Gasteiger partial charge in [-0.3, -0.25) is 0 Å². The van der Waals surface area contributed by atoms with Gasteiger partial charge in [-0.1, -0.05) is 11.6 Å². The van der Waals surface area contributed by atoms with E-state index in [0.717, 1.165) is 25.3 Å². The van der Waals surface area contributed by atoms with Crippen molar-refractivity contribution in [3.05, 3.63) is 11.2 Å². The molecule has 1 aromatic heterocycles. The van der Waals surface area contributed by atoms with Gasteiger partial charge in [0.25, 0.3) is 0 Å². The molecule has 0 saturated carbocycles. The van der Waals surface area contributed by atoms with Crippen LogP contribution in [-0.2, 0) is 0 Å². The average Bonchev–Trinajstić information content (AvgIpc) is 2.22. The number of anilines is 2. The Morgan fingerprint density at radius 1 is 1.60 bits per heavy atom. The van der Waals surface area contributed by atoms with Gasteiger partial charge < -0.3 is 16.0 Å². The maximum absolute atomic E-state index is 5.80. The van der Waals surface area contributed by atoms with Crippen LogP contribution in [0.3, 0.4) is 0 Å². The molecule has 1 aliphatic rings. The average molecular weight is 228 g/mol. The smallest absolute Gasteiger partial charge is 0.169 e. The van der Waals surface area contributed by atoms with Gasteiger partial charge in [-0.15, -0.1) is 10.2 Å². The first-order chi connectivity index (χ1) is 7.16. The third-order valence-corrected chi connectivity index (χ3v) is 2.67. The summed E-state index contributed by atoms with van der Waals surface area (Å²) >= 11 is 5.80. The summed E-state index contributed by atoms with van der Waals surface area (Å²) in [6, 6.07) is 2.21. The fourth-order valence-corrected chi connectivity index (χ4v) is 1.91. The minimum atomic E-state index is 0.380. The van der Waals surface area contributed by atoms with E-state index in [4.69, 9.17) is 17.3 Å². The van der Waals surface area contributed by atoms with E-state index in [1.54, 1.807) is 6.07 Å². The highest BCUT2D eigenvalue weighted by molar-refractivity contribution is 6.29. The third kappa shape index (κ3) is 2.30. The van der Waals surface area contributed by atoms with E-state index in [2.05, 4.69) is 27.3 Å². The summed E-state index contributed by atoms with van der Waals surface area (Å²) in [6.07, 6.45) is 0. The van der Waals surface area contributed by atoms with E-state index in [-0.39, 0.29) is 0 Å². The second-order valence-electron chi connectivity index (χ2n) is 3.74. The molecule has 2 heterocycles. The summed E-state index contributed by atoms with van der Waals surface area (Å²) in [5.74, 6) is 0.438. The molecule has 6 heteroatoms. The van der Waals surface area contributed by atoms with Gasteiger partial charge >= 0.3 is 0 Å². The van der Waals surface area contributed by atoms with Gasteiger partial charge in [0, 0.05) is 31.7 Å². The van der Waals surface area contributed by atoms with Crippen molar-refractivity contribution in [2.45, 2.75) is 13.0 Å². The molecule has 1 aromatic rings. The Bertz CT molecular complexity index is 356. The van der Waals surface area contributed by atoms with E-state index in [1.165, 1.54) is 0 Å². The zero-order valence-electron chi connectivity index (χ0n) is 8.57. The zero-order valence-corrected chi connectivity index (χ0v) is 9.33. The molecular weight excluding hydrogens is 214 g/mol. The molecule has 0 amide bonds. The van der Waals surface area contributed by atoms with Crippen molar-refractivity contribution in [3.63, 3.8) is 0 Å². The van der Waals surface area contributed by atoms with Crippen LogP contribution in [0.4, 0.5) is 11.5 Å². The molecule has 1 atom stereocenters. The number of nitrogens with zero attached hydrogens (tertiary/aromatic N) is 3. The summed E-state index contributed by atoms with van der Waals surface area (Å²) in [5, 5.41) is 11.3. The molecule has 1 fully saturated rings. The lowest BCUT2D eigenvalue weighted by atomic mass is 10.2. The predicted octanol–water partition coefficient (Wildman–Crippen LogP) is 0.510. The number of nitrogens with one attached hydrogen (secondary N) is 1. The minimum Gasteiger partial charge on any atom is -0.380 e. The van der Waals surface area contributed by atoms with E-state index in [9.17, 15) is 0 Å². The van der Waals surface area contributed by atoms with Crippen LogP contribution in [0.1, 0.15) is 6.92 Å². The van der Waals surface area contributed by atoms with Crippen LogP contribution in [0.25, 0.3) is 0 Å². The Hall–Kier alpha value is -1.07. The van der Waals surface area contributed by atoms with Crippen LogP contribution >= 0.6 is 11.6 Å². The van der Waals surface area contributed by atoms with Gasteiger partial charge in [-0.25, -0.2) is 0 Å². The van der Waals surface area contributed by atoms with Gasteiger partial charge in [0.2, 0.25) is 0 Å². The van der Waals surface area contributed by atoms with Crippen LogP contribution in [0, 0.1) is 0 Å². The largest absolute Gasteiger partial charge is 0.380 e. The van der Waals surface area contributed by atoms with Crippen molar-refractivity contribution in [2.24, 2.45) is 0 Å². The van der Waals surface area contributed by atoms with E-state index >= 15 is 0 Å². The highest BCUT2D eigenvalue weighted by Crippen LogP contribution is 2.23. The molecule has 0 radical (unpaired) electrons. The molecule has 0 bridgehead atoms. The highest BCUT2D eigenvalue weighted by atomic mass is 35.5. The van der Waals surface area contributed by atoms with Crippen LogP contribution < -0.4 is 16.0 Å². The molecule has 5 nitrogen and oxygen atoms in total. The van der Waals surface area contributed by atoms with Crippen molar-refractivity contribution in [2.75, 3.05) is 30.3 Å². The van der Waals surface area contributed by atoms with Crippen LogP contribution in [0.15, 0.2) is 6.07 Å². The van der Waals surface area contributed by atoms with Gasteiger partial charge in [0.15, 0.2) is 11.0 Å². The molecular formula is C9H14ClN5. The van der Waals surface area contributed by atoms with Crippen molar-refractivity contribution in [1.82, 2.24) is 15.5 Å². The van der Waals surface area contributed by atoms with Crippen molar-refractivity contribution in [1.29, 1.82) is 0 Å². The first kappa shape index (κ1) is 10.4. The lowest BCUT2D eigenvalue weighted by molar-refractivity contribution is 0.485. The lowest BCUT2D eigenvalue weighted by Gasteiger charge is -2.33. The number of rotatable bonds is 1. The number of hydrogen-bond donors (Lipinski definition) is 2. The Kier molecular flexibility index (Phi) is 2.93. The molecule has 15 heavy (non-hydrogen) atoms. The Labute approximate surface area is 93.6 Å². The molecule has 0 unspecified atom stereocenters. The standard InChI is InChI=1S/C9H14ClN5/c1-6-5-15(3-2-12-6)7-4-8(10)13-14-9(7)11/h4,6,12H,2-3,5H2,1H3,(H2,11,14)/t6-/m0/s1. The summed E-state index contributed by atoms with van der Waals surface area (Å²) < 4.78 is 0. The van der Waals surface area contributed by atoms with E-state index < -0.39 is 0 Å². The van der Waals surface area contributed by atoms with Crippen LogP contribution in [0.2, 0.25) is 5.15 Å². The quantitative estimate of drug-likeness (QED) is 0.732. The topological polar surface area (TPSA) is 67.1 Å². The third-order valence-electron chi connectivity index (χ3n) is 2.48. The molecule has 3 N–H and O–H groups in total. The minimum absolute atomic E-state index is 0.380. The van der Waals surface area contributed by atoms with Gasteiger partial charge in [0.05, 0.1) is 5.69 Å². The maximum atomic E-state index is 5.80. The zero-order chi connectivity index (χ0) is 10.8. The molecule has 82 valence electrons. The molecule has 1 aliphatic heterocycles. The highest BCUT2D eigenvalue weighted by Gasteiger charge is 2.18. The Morgan fingerprint density at radius 2 is 2.40 bits per heavy atom. The van der Waals surface area contributed by atoms with Crippen molar-refractivity contribution < 1.29 is 0 Å². The van der Waals surface area contributed by atoms with Crippen molar-refractivity contribution in [3.8, 4) is 0 Å². The van der Waals surface area contributed by atoms with Gasteiger partial charge in [-0.05, 0) is 6.92 Å². The number of aromatic nitrogens is 2. The Balaban J connectivity index is 2.24. The first-order valence-corrected chi connectivity index (χ1v) is 5.31. The molecule has 0 spiro atoms. The number of nitrogens with two attached hydrogens (primary N) is 1. The normalized spacial score (nSPS) is 21.7. The molecule has 2 rings (SSSR count). The predicted molar refractivity (Wildman–Crippen MR) is 61.1 cm³/mol. The monoisotopic (exact) mass is 227 g/mol. The summed E-state index contributed by atoms with van der Waals surface area (Å²) in [4.78, 5) is 2.18.